The van der Waals surface area contributed by atoms with Crippen molar-refractivity contribution in [1.29, 1.82) is 0 Å². The third kappa shape index (κ3) is 6.44. The zero-order valence-corrected chi connectivity index (χ0v) is 15.6. The summed E-state index contributed by atoms with van der Waals surface area (Å²) < 4.78 is 5.10. The molecular formula is C19H20ClNO3S. The minimum absolute atomic E-state index is 0.145. The van der Waals surface area contributed by atoms with Gasteiger partial charge in [-0.25, -0.2) is 0 Å². The zero-order chi connectivity index (χ0) is 18.2. The summed E-state index contributed by atoms with van der Waals surface area (Å²) >= 11 is 7.19. The van der Waals surface area contributed by atoms with Gasteiger partial charge in [0, 0.05) is 9.92 Å². The predicted molar refractivity (Wildman–Crippen MR) is 101 cm³/mol. The van der Waals surface area contributed by atoms with Gasteiger partial charge in [0.2, 0.25) is 0 Å². The highest BCUT2D eigenvalue weighted by Crippen LogP contribution is 2.25. The molecule has 2 rings (SSSR count). The van der Waals surface area contributed by atoms with Gasteiger partial charge in [-0.2, -0.15) is 0 Å². The minimum atomic E-state index is -0.428. The van der Waals surface area contributed by atoms with Crippen LogP contribution in [0.5, 0.6) is 0 Å². The van der Waals surface area contributed by atoms with E-state index in [1.807, 2.05) is 49.4 Å². The molecule has 0 radical (unpaired) electrons. The fraction of sp³-hybridized carbons (Fsp3) is 0.263. The maximum atomic E-state index is 12.0. The molecule has 0 aliphatic rings. The summed E-state index contributed by atoms with van der Waals surface area (Å²) in [5.74, 6) is -0.754. The van der Waals surface area contributed by atoms with Crippen molar-refractivity contribution in [3.05, 3.63) is 65.2 Å². The molecule has 0 aliphatic carbocycles. The van der Waals surface area contributed by atoms with Crippen molar-refractivity contribution >= 4 is 35.2 Å². The van der Waals surface area contributed by atoms with Crippen LogP contribution in [0.4, 0.5) is 0 Å². The quantitative estimate of drug-likeness (QED) is 0.579. The Balaban J connectivity index is 1.76. The highest BCUT2D eigenvalue weighted by molar-refractivity contribution is 8.00. The van der Waals surface area contributed by atoms with Crippen LogP contribution in [0, 0.1) is 0 Å². The van der Waals surface area contributed by atoms with E-state index in [-0.39, 0.29) is 18.6 Å². The number of carbonyl (C=O) groups is 2. The minimum Gasteiger partial charge on any atom is -0.455 e. The molecular weight excluding hydrogens is 358 g/mol. The zero-order valence-electron chi connectivity index (χ0n) is 14.1. The first-order valence-electron chi connectivity index (χ1n) is 7.89. The van der Waals surface area contributed by atoms with E-state index in [0.717, 1.165) is 10.5 Å². The molecule has 4 nitrogen and oxygen atoms in total. The van der Waals surface area contributed by atoms with Crippen molar-refractivity contribution in [3.63, 3.8) is 0 Å². The van der Waals surface area contributed by atoms with Crippen LogP contribution in [-0.4, -0.2) is 23.7 Å². The van der Waals surface area contributed by atoms with Crippen LogP contribution in [0.2, 0.25) is 5.02 Å². The lowest BCUT2D eigenvalue weighted by atomic mass is 10.1. The lowest BCUT2D eigenvalue weighted by Gasteiger charge is -2.15. The van der Waals surface area contributed by atoms with Crippen molar-refractivity contribution in [1.82, 2.24) is 5.32 Å². The molecule has 6 heteroatoms. The topological polar surface area (TPSA) is 55.4 Å². The van der Waals surface area contributed by atoms with Crippen molar-refractivity contribution < 1.29 is 14.3 Å². The fourth-order valence-electron chi connectivity index (χ4n) is 2.13. The Morgan fingerprint density at radius 2 is 1.72 bits per heavy atom. The van der Waals surface area contributed by atoms with Gasteiger partial charge in [0.05, 0.1) is 6.04 Å². The number of hydrogen-bond donors (Lipinski definition) is 1. The first-order valence-corrected chi connectivity index (χ1v) is 9.14. The Morgan fingerprint density at radius 3 is 2.36 bits per heavy atom. The second-order valence-corrected chi connectivity index (χ2v) is 7.37. The molecule has 0 spiro atoms. The van der Waals surface area contributed by atoms with Crippen LogP contribution in [0.3, 0.4) is 0 Å². The number of benzene rings is 2. The Bertz CT molecular complexity index is 706. The van der Waals surface area contributed by atoms with Gasteiger partial charge >= 0.3 is 5.97 Å². The summed E-state index contributed by atoms with van der Waals surface area (Å²) in [5.41, 5.74) is 0.994. The lowest BCUT2D eigenvalue weighted by Crippen LogP contribution is -2.32. The molecule has 0 aromatic heterocycles. The smallest absolute Gasteiger partial charge is 0.319 e. The van der Waals surface area contributed by atoms with Gasteiger partial charge in [-0.1, -0.05) is 41.9 Å². The Labute approximate surface area is 156 Å². The third-order valence-electron chi connectivity index (χ3n) is 3.48. The van der Waals surface area contributed by atoms with Crippen LogP contribution in [-0.2, 0) is 14.3 Å². The Hall–Kier alpha value is -1.98. The molecule has 1 N–H and O–H groups in total. The molecule has 132 valence electrons. The van der Waals surface area contributed by atoms with Crippen LogP contribution >= 0.6 is 23.4 Å². The van der Waals surface area contributed by atoms with Gasteiger partial charge in [-0.3, -0.25) is 9.59 Å². The van der Waals surface area contributed by atoms with Gasteiger partial charge in [0.15, 0.2) is 6.61 Å². The number of nitrogens with one attached hydrogen (secondary N) is 1. The molecule has 0 fully saturated rings. The number of thioether (sulfide) groups is 1. The van der Waals surface area contributed by atoms with Gasteiger partial charge in [-0.15, -0.1) is 11.8 Å². The van der Waals surface area contributed by atoms with Gasteiger partial charge in [-0.05, 0) is 43.7 Å². The van der Waals surface area contributed by atoms with E-state index in [0.29, 0.717) is 5.02 Å². The number of rotatable bonds is 7. The summed E-state index contributed by atoms with van der Waals surface area (Å²) in [4.78, 5) is 24.9. The molecule has 2 aromatic carbocycles. The predicted octanol–water partition coefficient (Wildman–Crippen LogP) is 4.24. The SMILES string of the molecule is C[C@@H](Sc1ccc(Cl)cc1)C(=O)OCC(=O)N[C@H](C)c1ccccc1. The molecule has 0 heterocycles. The first-order chi connectivity index (χ1) is 12.0. The highest BCUT2D eigenvalue weighted by Gasteiger charge is 2.18. The summed E-state index contributed by atoms with van der Waals surface area (Å²) in [5, 5.41) is 3.03. The second-order valence-electron chi connectivity index (χ2n) is 5.52. The van der Waals surface area contributed by atoms with Crippen molar-refractivity contribution in [2.24, 2.45) is 0 Å². The van der Waals surface area contributed by atoms with E-state index in [1.165, 1.54) is 11.8 Å². The summed E-state index contributed by atoms with van der Waals surface area (Å²) in [7, 11) is 0. The largest absolute Gasteiger partial charge is 0.455 e. The average molecular weight is 378 g/mol. The summed E-state index contributed by atoms with van der Waals surface area (Å²) in [6, 6.07) is 16.7. The van der Waals surface area contributed by atoms with Crippen LogP contribution in [0.25, 0.3) is 0 Å². The van der Waals surface area contributed by atoms with Crippen LogP contribution in [0.15, 0.2) is 59.5 Å². The second kappa shape index (κ2) is 9.49. The monoisotopic (exact) mass is 377 g/mol. The molecule has 0 unspecified atom stereocenters. The summed E-state index contributed by atoms with van der Waals surface area (Å²) in [6.07, 6.45) is 0. The molecule has 0 aliphatic heterocycles. The number of carbonyl (C=O) groups excluding carboxylic acids is 2. The number of esters is 1. The third-order valence-corrected chi connectivity index (χ3v) is 4.82. The van der Waals surface area contributed by atoms with Gasteiger partial charge in [0.25, 0.3) is 5.91 Å². The number of amides is 1. The van der Waals surface area contributed by atoms with Gasteiger partial charge < -0.3 is 10.1 Å². The summed E-state index contributed by atoms with van der Waals surface area (Å²) in [6.45, 7) is 3.34. The van der Waals surface area contributed by atoms with Crippen molar-refractivity contribution in [2.45, 2.75) is 30.0 Å². The van der Waals surface area contributed by atoms with Crippen molar-refractivity contribution in [3.8, 4) is 0 Å². The Morgan fingerprint density at radius 1 is 1.08 bits per heavy atom. The lowest BCUT2D eigenvalue weighted by molar-refractivity contribution is -0.147. The molecule has 0 saturated heterocycles. The number of halogens is 1. The molecule has 2 atom stereocenters. The van der Waals surface area contributed by atoms with E-state index >= 15 is 0 Å². The van der Waals surface area contributed by atoms with Crippen LogP contribution < -0.4 is 5.32 Å². The molecule has 25 heavy (non-hydrogen) atoms. The maximum Gasteiger partial charge on any atom is 0.319 e. The fourth-order valence-corrected chi connectivity index (χ4v) is 3.12. The van der Waals surface area contributed by atoms with Gasteiger partial charge in [0.1, 0.15) is 5.25 Å². The highest BCUT2D eigenvalue weighted by atomic mass is 35.5. The number of ether oxygens (including phenoxy) is 1. The molecule has 1 amide bonds. The standard InChI is InChI=1S/C19H20ClNO3S/c1-13(15-6-4-3-5-7-15)21-18(22)12-24-19(23)14(2)25-17-10-8-16(20)9-11-17/h3-11,13-14H,12H2,1-2H3,(H,21,22)/t13-,14-/m1/s1. The molecule has 0 saturated carbocycles. The maximum absolute atomic E-state index is 12.0. The molecule has 0 bridgehead atoms. The molecule has 2 aromatic rings. The van der Waals surface area contributed by atoms with E-state index in [4.69, 9.17) is 16.3 Å². The average Bonchev–Trinajstić information content (AvgIpc) is 2.62. The van der Waals surface area contributed by atoms with Crippen LogP contribution in [0.1, 0.15) is 25.5 Å². The van der Waals surface area contributed by atoms with E-state index in [1.54, 1.807) is 19.1 Å². The van der Waals surface area contributed by atoms with Crippen molar-refractivity contribution in [2.75, 3.05) is 6.61 Å². The Kier molecular flexibility index (Phi) is 7.34. The van der Waals surface area contributed by atoms with E-state index in [2.05, 4.69) is 5.32 Å². The first kappa shape index (κ1) is 19.3. The normalized spacial score (nSPS) is 12.9. The number of hydrogen-bond acceptors (Lipinski definition) is 4. The van der Waals surface area contributed by atoms with E-state index in [9.17, 15) is 9.59 Å². The van der Waals surface area contributed by atoms with E-state index < -0.39 is 11.2 Å².